The first-order valence-electron chi connectivity index (χ1n) is 5.95. The summed E-state index contributed by atoms with van der Waals surface area (Å²) in [5.74, 6) is 2.55. The number of hydrogen-bond donors (Lipinski definition) is 0. The summed E-state index contributed by atoms with van der Waals surface area (Å²) in [6, 6.07) is 0. The Morgan fingerprint density at radius 2 is 2.29 bits per heavy atom. The zero-order chi connectivity index (χ0) is 12.3. The molecule has 1 saturated heterocycles. The average Bonchev–Trinajstić information content (AvgIpc) is 2.97. The summed E-state index contributed by atoms with van der Waals surface area (Å²) in [5.41, 5.74) is -0.406. The van der Waals surface area contributed by atoms with Gasteiger partial charge in [0.25, 0.3) is 0 Å². The van der Waals surface area contributed by atoms with Crippen molar-refractivity contribution < 1.29 is 9.18 Å². The van der Waals surface area contributed by atoms with Crippen LogP contribution in [0.25, 0.3) is 0 Å². The molecule has 92 valence electrons. The minimum atomic E-state index is -0.857. The average molecular weight is 237 g/mol. The van der Waals surface area contributed by atoms with Crippen LogP contribution in [0.1, 0.15) is 32.1 Å². The Labute approximate surface area is 100 Å². The molecule has 2 rings (SSSR count). The molecule has 0 aromatic rings. The van der Waals surface area contributed by atoms with Crippen LogP contribution < -0.4 is 0 Å². The van der Waals surface area contributed by atoms with Crippen LogP contribution >= 0.6 is 0 Å². The quantitative estimate of drug-likeness (QED) is 0.674. The van der Waals surface area contributed by atoms with E-state index in [9.17, 15) is 9.18 Å². The minimum absolute atomic E-state index is 0.00235. The number of carbonyl (C=O) groups is 1. The molecular formula is C12H16FN3O. The van der Waals surface area contributed by atoms with Crippen molar-refractivity contribution in [2.24, 2.45) is 10.2 Å². The number of halogens is 1. The summed E-state index contributed by atoms with van der Waals surface area (Å²) < 4.78 is 12.9. The van der Waals surface area contributed by atoms with Crippen LogP contribution in [0, 0.1) is 12.3 Å². The molecule has 1 fully saturated rings. The van der Waals surface area contributed by atoms with Crippen molar-refractivity contribution >= 4 is 5.91 Å². The van der Waals surface area contributed by atoms with Gasteiger partial charge in [-0.25, -0.2) is 4.39 Å². The first-order valence-corrected chi connectivity index (χ1v) is 5.95. The third-order valence-corrected chi connectivity index (χ3v) is 3.28. The second-order valence-electron chi connectivity index (χ2n) is 4.61. The molecular weight excluding hydrogens is 221 g/mol. The number of likely N-dealkylation sites (tertiary alicyclic amines) is 1. The third kappa shape index (κ3) is 3.02. The Balaban J connectivity index is 1.71. The number of terminal acetylenes is 1. The Morgan fingerprint density at radius 3 is 2.82 bits per heavy atom. The molecule has 0 radical (unpaired) electrons. The molecule has 0 aromatic heterocycles. The molecule has 2 aliphatic heterocycles. The SMILES string of the molecule is C#CCCC1(CCC(=O)N2CCC(F)C2)N=N1. The minimum Gasteiger partial charge on any atom is -0.340 e. The van der Waals surface area contributed by atoms with Crippen molar-refractivity contribution in [3.8, 4) is 12.3 Å². The smallest absolute Gasteiger partial charge is 0.222 e. The molecule has 2 aliphatic rings. The molecule has 0 N–H and O–H groups in total. The summed E-state index contributed by atoms with van der Waals surface area (Å²) in [7, 11) is 0. The van der Waals surface area contributed by atoms with E-state index in [0.717, 1.165) is 0 Å². The Morgan fingerprint density at radius 1 is 1.53 bits per heavy atom. The Kier molecular flexibility index (Phi) is 3.41. The molecule has 0 aliphatic carbocycles. The second-order valence-corrected chi connectivity index (χ2v) is 4.61. The van der Waals surface area contributed by atoms with Gasteiger partial charge < -0.3 is 4.90 Å². The molecule has 5 heteroatoms. The zero-order valence-electron chi connectivity index (χ0n) is 9.73. The second kappa shape index (κ2) is 4.82. The van der Waals surface area contributed by atoms with Gasteiger partial charge in [0.1, 0.15) is 6.17 Å². The van der Waals surface area contributed by atoms with E-state index in [1.54, 1.807) is 4.90 Å². The van der Waals surface area contributed by atoms with Gasteiger partial charge in [-0.3, -0.25) is 4.79 Å². The van der Waals surface area contributed by atoms with Crippen LogP contribution in [0.5, 0.6) is 0 Å². The van der Waals surface area contributed by atoms with Gasteiger partial charge >= 0.3 is 0 Å². The fraction of sp³-hybridized carbons (Fsp3) is 0.750. The topological polar surface area (TPSA) is 45.0 Å². The fourth-order valence-electron chi connectivity index (χ4n) is 2.08. The lowest BCUT2D eigenvalue weighted by atomic mass is 10.0. The van der Waals surface area contributed by atoms with Crippen LogP contribution in [0.2, 0.25) is 0 Å². The lowest BCUT2D eigenvalue weighted by molar-refractivity contribution is -0.130. The molecule has 0 aromatic carbocycles. The van der Waals surface area contributed by atoms with E-state index in [-0.39, 0.29) is 12.5 Å². The summed E-state index contributed by atoms with van der Waals surface area (Å²) >= 11 is 0. The zero-order valence-corrected chi connectivity index (χ0v) is 9.73. The predicted octanol–water partition coefficient (Wildman–Crippen LogP) is 1.91. The summed E-state index contributed by atoms with van der Waals surface area (Å²) in [4.78, 5) is 13.4. The number of carbonyl (C=O) groups excluding carboxylic acids is 1. The van der Waals surface area contributed by atoms with E-state index >= 15 is 0 Å². The van der Waals surface area contributed by atoms with E-state index in [1.807, 2.05) is 0 Å². The maximum atomic E-state index is 12.9. The van der Waals surface area contributed by atoms with Crippen LogP contribution in [-0.2, 0) is 4.79 Å². The van der Waals surface area contributed by atoms with Crippen LogP contribution in [0.3, 0.4) is 0 Å². The molecule has 1 amide bonds. The first-order chi connectivity index (χ1) is 8.15. The molecule has 1 atom stereocenters. The lowest BCUT2D eigenvalue weighted by Crippen LogP contribution is -2.30. The van der Waals surface area contributed by atoms with E-state index in [2.05, 4.69) is 16.1 Å². The highest BCUT2D eigenvalue weighted by Crippen LogP contribution is 2.37. The van der Waals surface area contributed by atoms with Gasteiger partial charge in [-0.2, -0.15) is 10.2 Å². The van der Waals surface area contributed by atoms with Crippen molar-refractivity contribution in [1.82, 2.24) is 4.90 Å². The van der Waals surface area contributed by atoms with Gasteiger partial charge in [-0.1, -0.05) is 0 Å². The third-order valence-electron chi connectivity index (χ3n) is 3.28. The number of amides is 1. The van der Waals surface area contributed by atoms with Crippen molar-refractivity contribution in [3.05, 3.63) is 0 Å². The summed E-state index contributed by atoms with van der Waals surface area (Å²) in [5, 5.41) is 7.94. The normalized spacial score (nSPS) is 24.7. The van der Waals surface area contributed by atoms with Gasteiger partial charge in [0, 0.05) is 32.2 Å². The fourth-order valence-corrected chi connectivity index (χ4v) is 2.08. The van der Waals surface area contributed by atoms with E-state index in [4.69, 9.17) is 6.42 Å². The number of alkyl halides is 1. The van der Waals surface area contributed by atoms with Gasteiger partial charge in [0.15, 0.2) is 5.66 Å². The van der Waals surface area contributed by atoms with Gasteiger partial charge in [0.05, 0.1) is 6.54 Å². The van der Waals surface area contributed by atoms with Gasteiger partial charge in [-0.05, 0) is 6.42 Å². The molecule has 0 spiro atoms. The largest absolute Gasteiger partial charge is 0.340 e. The maximum absolute atomic E-state index is 12.9. The molecule has 4 nitrogen and oxygen atoms in total. The van der Waals surface area contributed by atoms with Gasteiger partial charge in [0.2, 0.25) is 5.91 Å². The number of nitrogens with zero attached hydrogens (tertiary/aromatic N) is 3. The van der Waals surface area contributed by atoms with Crippen molar-refractivity contribution in [2.75, 3.05) is 13.1 Å². The number of hydrogen-bond acceptors (Lipinski definition) is 3. The first kappa shape index (κ1) is 12.0. The van der Waals surface area contributed by atoms with E-state index in [0.29, 0.717) is 38.6 Å². The molecule has 1 unspecified atom stereocenters. The molecule has 0 saturated carbocycles. The molecule has 2 heterocycles. The highest BCUT2D eigenvalue weighted by atomic mass is 19.1. The summed E-state index contributed by atoms with van der Waals surface area (Å²) in [6.45, 7) is 0.774. The van der Waals surface area contributed by atoms with Crippen LogP contribution in [-0.4, -0.2) is 35.7 Å². The molecule has 0 bridgehead atoms. The van der Waals surface area contributed by atoms with E-state index in [1.165, 1.54) is 0 Å². The Bertz CT molecular complexity index is 368. The highest BCUT2D eigenvalue weighted by Gasteiger charge is 2.40. The van der Waals surface area contributed by atoms with Gasteiger partial charge in [-0.15, -0.1) is 12.3 Å². The van der Waals surface area contributed by atoms with Crippen LogP contribution in [0.4, 0.5) is 4.39 Å². The van der Waals surface area contributed by atoms with Crippen molar-refractivity contribution in [1.29, 1.82) is 0 Å². The predicted molar refractivity (Wildman–Crippen MR) is 61.0 cm³/mol. The lowest BCUT2D eigenvalue weighted by Gasteiger charge is -2.16. The summed E-state index contributed by atoms with van der Waals surface area (Å²) in [6.07, 6.45) is 7.10. The van der Waals surface area contributed by atoms with E-state index < -0.39 is 11.8 Å². The molecule has 17 heavy (non-hydrogen) atoms. The monoisotopic (exact) mass is 237 g/mol. The standard InChI is InChI=1S/C12H16FN3O/c1-2-3-6-12(14-15-12)7-4-11(17)16-8-5-10(13)9-16/h1,10H,3-9H2. The van der Waals surface area contributed by atoms with Crippen molar-refractivity contribution in [2.45, 2.75) is 43.9 Å². The Hall–Kier alpha value is -1.44. The number of rotatable bonds is 5. The highest BCUT2D eigenvalue weighted by molar-refractivity contribution is 5.76. The van der Waals surface area contributed by atoms with Crippen molar-refractivity contribution in [3.63, 3.8) is 0 Å². The maximum Gasteiger partial charge on any atom is 0.222 e. The van der Waals surface area contributed by atoms with Crippen LogP contribution in [0.15, 0.2) is 10.2 Å².